The molecule has 156 valence electrons. The van der Waals surface area contributed by atoms with E-state index in [-0.39, 0.29) is 17.6 Å². The fraction of sp³-hybridized carbons (Fsp3) is 0.455. The monoisotopic (exact) mass is 402 g/mol. The quantitative estimate of drug-likeness (QED) is 0.611. The standard InChI is InChI=1S/C22H26O7/c1-10(2)12-8-16-13(21(24)27-6)9-17(28-16)18(11(3)4)20-19(26-5)14(7-15(12)23)22(25)29-20/h7,9,12,15,18-20,23H,1,3,8H2,2,4-6H3/b14-7-/t12-,15+,18+,19-,20+/m1/s1. The van der Waals surface area contributed by atoms with E-state index in [1.54, 1.807) is 19.9 Å². The number of furan rings is 1. The Morgan fingerprint density at radius 1 is 1.24 bits per heavy atom. The molecule has 2 aliphatic heterocycles. The van der Waals surface area contributed by atoms with Crippen molar-refractivity contribution in [2.75, 3.05) is 14.2 Å². The van der Waals surface area contributed by atoms with Gasteiger partial charge in [0.2, 0.25) is 0 Å². The van der Waals surface area contributed by atoms with E-state index in [1.165, 1.54) is 20.3 Å². The van der Waals surface area contributed by atoms with Crippen LogP contribution in [-0.4, -0.2) is 49.6 Å². The second-order valence-electron chi connectivity index (χ2n) is 7.60. The molecule has 1 fully saturated rings. The fourth-order valence-electron chi connectivity index (χ4n) is 4.02. The minimum atomic E-state index is -1.05. The topological polar surface area (TPSA) is 95.2 Å². The first-order valence-corrected chi connectivity index (χ1v) is 9.34. The lowest BCUT2D eigenvalue weighted by Crippen LogP contribution is -2.32. The maximum absolute atomic E-state index is 12.6. The van der Waals surface area contributed by atoms with Gasteiger partial charge in [-0.05, 0) is 26.0 Å². The van der Waals surface area contributed by atoms with Crippen LogP contribution in [0.2, 0.25) is 0 Å². The zero-order valence-corrected chi connectivity index (χ0v) is 17.1. The van der Waals surface area contributed by atoms with Gasteiger partial charge in [-0.3, -0.25) is 0 Å². The Morgan fingerprint density at radius 3 is 2.48 bits per heavy atom. The second kappa shape index (κ2) is 8.00. The van der Waals surface area contributed by atoms with Crippen LogP contribution >= 0.6 is 0 Å². The summed E-state index contributed by atoms with van der Waals surface area (Å²) < 4.78 is 22.1. The van der Waals surface area contributed by atoms with Gasteiger partial charge in [0.25, 0.3) is 0 Å². The molecule has 2 aliphatic rings. The molecule has 7 nitrogen and oxygen atoms in total. The lowest BCUT2D eigenvalue weighted by molar-refractivity contribution is -0.140. The van der Waals surface area contributed by atoms with Crippen LogP contribution < -0.4 is 0 Å². The summed E-state index contributed by atoms with van der Waals surface area (Å²) in [5.74, 6) is -1.34. The highest BCUT2D eigenvalue weighted by molar-refractivity contribution is 5.93. The molecule has 29 heavy (non-hydrogen) atoms. The number of rotatable bonds is 4. The van der Waals surface area contributed by atoms with Crippen LogP contribution in [-0.2, 0) is 25.4 Å². The van der Waals surface area contributed by atoms with Crippen LogP contribution in [0.15, 0.2) is 46.4 Å². The van der Waals surface area contributed by atoms with Crippen molar-refractivity contribution in [1.82, 2.24) is 0 Å². The number of aliphatic hydroxyl groups is 1. The molecule has 4 bridgehead atoms. The highest BCUT2D eigenvalue weighted by Crippen LogP contribution is 2.41. The molecule has 0 saturated carbocycles. The maximum atomic E-state index is 12.6. The highest BCUT2D eigenvalue weighted by atomic mass is 16.6. The van der Waals surface area contributed by atoms with E-state index in [4.69, 9.17) is 18.6 Å². The maximum Gasteiger partial charge on any atom is 0.341 e. The molecule has 0 aromatic carbocycles. The van der Waals surface area contributed by atoms with Crippen molar-refractivity contribution in [3.63, 3.8) is 0 Å². The van der Waals surface area contributed by atoms with E-state index in [2.05, 4.69) is 13.2 Å². The van der Waals surface area contributed by atoms with Gasteiger partial charge in [-0.25, -0.2) is 9.59 Å². The summed E-state index contributed by atoms with van der Waals surface area (Å²) >= 11 is 0. The number of aliphatic hydroxyl groups excluding tert-OH is 1. The smallest absolute Gasteiger partial charge is 0.341 e. The molecule has 0 radical (unpaired) electrons. The lowest BCUT2D eigenvalue weighted by atomic mass is 9.85. The molecular weight excluding hydrogens is 376 g/mol. The molecule has 1 saturated heterocycles. The Morgan fingerprint density at radius 2 is 1.93 bits per heavy atom. The van der Waals surface area contributed by atoms with Gasteiger partial charge in [0.1, 0.15) is 29.3 Å². The zero-order chi connectivity index (χ0) is 21.5. The van der Waals surface area contributed by atoms with E-state index in [1.807, 2.05) is 0 Å². The number of hydrogen-bond donors (Lipinski definition) is 1. The van der Waals surface area contributed by atoms with Crippen molar-refractivity contribution >= 4 is 11.9 Å². The summed E-state index contributed by atoms with van der Waals surface area (Å²) in [6.45, 7) is 11.5. The van der Waals surface area contributed by atoms with Crippen molar-refractivity contribution in [3.8, 4) is 0 Å². The Labute approximate surface area is 169 Å². The third-order valence-corrected chi connectivity index (χ3v) is 5.54. The van der Waals surface area contributed by atoms with Crippen molar-refractivity contribution in [3.05, 3.63) is 59.1 Å². The van der Waals surface area contributed by atoms with Crippen LogP contribution in [0.25, 0.3) is 0 Å². The molecule has 5 atom stereocenters. The number of methoxy groups -OCH3 is 2. The average molecular weight is 402 g/mol. The number of fused-ring (bicyclic) bond motifs is 4. The Kier molecular flexibility index (Phi) is 5.82. The second-order valence-corrected chi connectivity index (χ2v) is 7.60. The SMILES string of the molecule is C=C(C)[C@H]1Cc2oc(cc2C(=O)OC)[C@H](C(=C)C)[C@@H]2OC(=O)/C(=C\[C@@H]1O)[C@H]2OC. The number of carbonyl (C=O) groups excluding carboxylic acids is 2. The molecule has 3 heterocycles. The predicted molar refractivity (Wildman–Crippen MR) is 104 cm³/mol. The average Bonchev–Trinajstić information content (AvgIpc) is 3.19. The van der Waals surface area contributed by atoms with Gasteiger partial charge in [0.05, 0.1) is 24.7 Å². The third-order valence-electron chi connectivity index (χ3n) is 5.54. The van der Waals surface area contributed by atoms with Crippen LogP contribution in [0.5, 0.6) is 0 Å². The van der Waals surface area contributed by atoms with Gasteiger partial charge in [0, 0.05) is 19.4 Å². The molecule has 0 amide bonds. The first-order valence-electron chi connectivity index (χ1n) is 9.34. The fourth-order valence-corrected chi connectivity index (χ4v) is 4.02. The van der Waals surface area contributed by atoms with Crippen molar-refractivity contribution in [2.24, 2.45) is 5.92 Å². The van der Waals surface area contributed by atoms with Gasteiger partial charge in [-0.2, -0.15) is 0 Å². The number of esters is 2. The Hall–Kier alpha value is -2.64. The van der Waals surface area contributed by atoms with E-state index < -0.39 is 42.1 Å². The van der Waals surface area contributed by atoms with E-state index >= 15 is 0 Å². The highest BCUT2D eigenvalue weighted by Gasteiger charge is 2.47. The summed E-state index contributed by atoms with van der Waals surface area (Å²) in [5, 5.41) is 10.9. The van der Waals surface area contributed by atoms with Gasteiger partial charge < -0.3 is 23.7 Å². The van der Waals surface area contributed by atoms with Crippen molar-refractivity contribution < 1.29 is 33.3 Å². The largest absolute Gasteiger partial charge is 0.465 e. The van der Waals surface area contributed by atoms with E-state index in [0.717, 1.165) is 0 Å². The van der Waals surface area contributed by atoms with E-state index in [9.17, 15) is 14.7 Å². The summed E-state index contributed by atoms with van der Waals surface area (Å²) in [7, 11) is 2.76. The predicted octanol–water partition coefficient (Wildman–Crippen LogP) is 2.70. The summed E-state index contributed by atoms with van der Waals surface area (Å²) in [5.41, 5.74) is 1.87. The summed E-state index contributed by atoms with van der Waals surface area (Å²) in [6.07, 6.45) is -0.846. The van der Waals surface area contributed by atoms with Crippen molar-refractivity contribution in [1.29, 1.82) is 0 Å². The molecule has 0 spiro atoms. The first-order chi connectivity index (χ1) is 13.7. The summed E-state index contributed by atoms with van der Waals surface area (Å²) in [4.78, 5) is 24.9. The molecule has 3 rings (SSSR count). The minimum absolute atomic E-state index is 0.213. The molecule has 7 heteroatoms. The Balaban J connectivity index is 2.26. The number of carbonyl (C=O) groups is 2. The third kappa shape index (κ3) is 3.68. The molecule has 1 aromatic rings. The lowest BCUT2D eigenvalue weighted by Gasteiger charge is -2.25. The minimum Gasteiger partial charge on any atom is -0.465 e. The van der Waals surface area contributed by atoms with Crippen LogP contribution in [0, 0.1) is 5.92 Å². The molecular formula is C22H26O7. The van der Waals surface area contributed by atoms with Crippen LogP contribution in [0.4, 0.5) is 0 Å². The van der Waals surface area contributed by atoms with Crippen LogP contribution in [0.1, 0.15) is 41.6 Å². The van der Waals surface area contributed by atoms with Crippen LogP contribution in [0.3, 0.4) is 0 Å². The van der Waals surface area contributed by atoms with Gasteiger partial charge >= 0.3 is 11.9 Å². The normalized spacial score (nSPS) is 30.6. The number of hydrogen-bond acceptors (Lipinski definition) is 7. The summed E-state index contributed by atoms with van der Waals surface area (Å²) in [6, 6.07) is 1.59. The van der Waals surface area contributed by atoms with Gasteiger partial charge in [-0.1, -0.05) is 24.3 Å². The van der Waals surface area contributed by atoms with Gasteiger partial charge in [-0.15, -0.1) is 0 Å². The number of ether oxygens (including phenoxy) is 3. The first kappa shape index (κ1) is 21.1. The Bertz CT molecular complexity index is 891. The molecule has 0 unspecified atom stereocenters. The molecule has 0 aliphatic carbocycles. The molecule has 1 N–H and O–H groups in total. The van der Waals surface area contributed by atoms with Gasteiger partial charge in [0.15, 0.2) is 0 Å². The van der Waals surface area contributed by atoms with E-state index in [0.29, 0.717) is 22.7 Å². The molecule has 1 aromatic heterocycles. The zero-order valence-electron chi connectivity index (χ0n) is 17.1. The van der Waals surface area contributed by atoms with Crippen molar-refractivity contribution in [2.45, 2.75) is 44.5 Å².